The summed E-state index contributed by atoms with van der Waals surface area (Å²) in [5.74, 6) is 1.33. The van der Waals surface area contributed by atoms with Crippen LogP contribution in [0.5, 0.6) is 0 Å². The molecular formula is C16H14Br2N4O2. The highest BCUT2D eigenvalue weighted by Crippen LogP contribution is 2.18. The highest BCUT2D eigenvalue weighted by Gasteiger charge is 2.04. The van der Waals surface area contributed by atoms with Crippen LogP contribution >= 0.6 is 31.9 Å². The summed E-state index contributed by atoms with van der Waals surface area (Å²) >= 11 is 6.63. The summed E-state index contributed by atoms with van der Waals surface area (Å²) < 4.78 is 6.88. The average Bonchev–Trinajstić information content (AvgIpc) is 3.02. The van der Waals surface area contributed by atoms with Crippen LogP contribution in [0.2, 0.25) is 0 Å². The van der Waals surface area contributed by atoms with Crippen molar-refractivity contribution in [3.63, 3.8) is 0 Å². The second-order valence-corrected chi connectivity index (χ2v) is 6.47. The third kappa shape index (κ3) is 5.17. The van der Waals surface area contributed by atoms with E-state index in [1.807, 2.05) is 36.4 Å². The maximum atomic E-state index is 8.31. The van der Waals surface area contributed by atoms with Crippen LogP contribution in [0, 0.1) is 6.92 Å². The van der Waals surface area contributed by atoms with Crippen LogP contribution < -0.4 is 5.73 Å². The number of amidine groups is 1. The number of nitrogens with zero attached hydrogens (tertiary/aromatic N) is 3. The maximum absolute atomic E-state index is 8.31. The molecule has 3 rings (SSSR count). The van der Waals surface area contributed by atoms with Crippen LogP contribution in [0.1, 0.15) is 11.5 Å². The molecule has 24 heavy (non-hydrogen) atoms. The minimum absolute atomic E-state index is 0.123. The van der Waals surface area contributed by atoms with Gasteiger partial charge < -0.3 is 15.5 Å². The Bertz CT molecular complexity index is 815. The molecule has 0 radical (unpaired) electrons. The lowest BCUT2D eigenvalue weighted by atomic mass is 10.2. The lowest BCUT2D eigenvalue weighted by molar-refractivity contribution is 0.318. The summed E-state index contributed by atoms with van der Waals surface area (Å²) in [5.41, 5.74) is 6.99. The van der Waals surface area contributed by atoms with Gasteiger partial charge in [0, 0.05) is 27.0 Å². The first-order valence-electron chi connectivity index (χ1n) is 6.79. The van der Waals surface area contributed by atoms with E-state index in [1.54, 1.807) is 19.1 Å². The fourth-order valence-electron chi connectivity index (χ4n) is 1.69. The van der Waals surface area contributed by atoms with Gasteiger partial charge in [-0.2, -0.15) is 4.98 Å². The molecule has 0 aliphatic heterocycles. The number of hydrogen-bond donors (Lipinski definition) is 2. The van der Waals surface area contributed by atoms with E-state index >= 15 is 0 Å². The van der Waals surface area contributed by atoms with Gasteiger partial charge in [-0.25, -0.2) is 0 Å². The first-order chi connectivity index (χ1) is 11.5. The molecule has 2 aromatic carbocycles. The van der Waals surface area contributed by atoms with E-state index < -0.39 is 0 Å². The summed E-state index contributed by atoms with van der Waals surface area (Å²) in [6, 6.07) is 14.9. The predicted molar refractivity (Wildman–Crippen MR) is 98.8 cm³/mol. The van der Waals surface area contributed by atoms with Gasteiger partial charge in [0.25, 0.3) is 0 Å². The number of halogens is 2. The molecule has 0 bridgehead atoms. The van der Waals surface area contributed by atoms with Crippen molar-refractivity contribution < 1.29 is 9.73 Å². The quantitative estimate of drug-likeness (QED) is 0.260. The number of nitrogens with two attached hydrogens (primary N) is 1. The highest BCUT2D eigenvalue weighted by molar-refractivity contribution is 9.10. The first kappa shape index (κ1) is 18.2. The largest absolute Gasteiger partial charge is 0.409 e. The van der Waals surface area contributed by atoms with Crippen molar-refractivity contribution in [2.75, 3.05) is 0 Å². The number of oxime groups is 1. The van der Waals surface area contributed by atoms with E-state index in [0.717, 1.165) is 14.5 Å². The summed E-state index contributed by atoms with van der Waals surface area (Å²) in [5, 5.41) is 15.0. The van der Waals surface area contributed by atoms with E-state index in [9.17, 15) is 0 Å². The maximum Gasteiger partial charge on any atom is 0.223 e. The van der Waals surface area contributed by atoms with Gasteiger partial charge >= 0.3 is 0 Å². The van der Waals surface area contributed by atoms with Crippen LogP contribution in [0.25, 0.3) is 11.4 Å². The Morgan fingerprint density at radius 3 is 2.04 bits per heavy atom. The fraction of sp³-hybridized carbons (Fsp3) is 0.0625. The SMILES string of the molecule is Cc1nc(-c2ccc(Br)cc2)no1.NC(=NO)c1ccc(Br)cc1. The monoisotopic (exact) mass is 452 g/mol. The molecule has 0 unspecified atom stereocenters. The van der Waals surface area contributed by atoms with Crippen LogP contribution in [0.4, 0.5) is 0 Å². The molecule has 0 saturated heterocycles. The minimum Gasteiger partial charge on any atom is -0.409 e. The van der Waals surface area contributed by atoms with Gasteiger partial charge in [0.05, 0.1) is 0 Å². The molecule has 0 fully saturated rings. The van der Waals surface area contributed by atoms with Crippen molar-refractivity contribution in [3.05, 3.63) is 68.9 Å². The number of benzene rings is 2. The summed E-state index contributed by atoms with van der Waals surface area (Å²) in [4.78, 5) is 4.12. The van der Waals surface area contributed by atoms with E-state index in [0.29, 0.717) is 17.3 Å². The highest BCUT2D eigenvalue weighted by atomic mass is 79.9. The van der Waals surface area contributed by atoms with Gasteiger partial charge in [-0.05, 0) is 36.4 Å². The molecule has 6 nitrogen and oxygen atoms in total. The molecule has 0 aliphatic rings. The Kier molecular flexibility index (Phi) is 6.51. The van der Waals surface area contributed by atoms with Gasteiger partial charge in [0.15, 0.2) is 5.84 Å². The van der Waals surface area contributed by atoms with Crippen molar-refractivity contribution in [2.45, 2.75) is 6.92 Å². The normalized spacial score (nSPS) is 10.9. The van der Waals surface area contributed by atoms with Gasteiger partial charge in [-0.3, -0.25) is 0 Å². The van der Waals surface area contributed by atoms with Crippen LogP contribution in [-0.2, 0) is 0 Å². The van der Waals surface area contributed by atoms with Crippen molar-refractivity contribution in [2.24, 2.45) is 10.9 Å². The Morgan fingerprint density at radius 2 is 1.58 bits per heavy atom. The van der Waals surface area contributed by atoms with E-state index in [-0.39, 0.29) is 5.84 Å². The molecular weight excluding hydrogens is 440 g/mol. The summed E-state index contributed by atoms with van der Waals surface area (Å²) in [6.07, 6.45) is 0. The second kappa shape index (κ2) is 8.60. The zero-order valence-corrected chi connectivity index (χ0v) is 15.8. The van der Waals surface area contributed by atoms with Gasteiger partial charge in [0.2, 0.25) is 11.7 Å². The molecule has 0 spiro atoms. The molecule has 3 aromatic rings. The Labute approximate surface area is 155 Å². The molecule has 0 aliphatic carbocycles. The summed E-state index contributed by atoms with van der Waals surface area (Å²) in [6.45, 7) is 1.77. The van der Waals surface area contributed by atoms with E-state index in [1.165, 1.54) is 0 Å². The van der Waals surface area contributed by atoms with Crippen LogP contribution in [0.3, 0.4) is 0 Å². The summed E-state index contributed by atoms with van der Waals surface area (Å²) in [7, 11) is 0. The Hall–Kier alpha value is -2.19. The lowest BCUT2D eigenvalue weighted by Gasteiger charge is -1.96. The number of hydrogen-bond acceptors (Lipinski definition) is 5. The number of rotatable bonds is 2. The zero-order chi connectivity index (χ0) is 17.5. The molecule has 124 valence electrons. The topological polar surface area (TPSA) is 97.5 Å². The molecule has 1 aromatic heterocycles. The average molecular weight is 454 g/mol. The smallest absolute Gasteiger partial charge is 0.223 e. The van der Waals surface area contributed by atoms with Crippen molar-refractivity contribution >= 4 is 37.7 Å². The fourth-order valence-corrected chi connectivity index (χ4v) is 2.22. The standard InChI is InChI=1S/C9H7BrN2O.C7H7BrN2O/c1-6-11-9(12-13-6)7-2-4-8(10)5-3-7;8-6-3-1-5(2-4-6)7(9)10-11/h2-5H,1H3;1-4,11H,(H2,9,10). The second-order valence-electron chi connectivity index (χ2n) is 4.64. The molecule has 0 saturated carbocycles. The Morgan fingerprint density at radius 1 is 1.04 bits per heavy atom. The van der Waals surface area contributed by atoms with Gasteiger partial charge in [-0.1, -0.05) is 54.3 Å². The molecule has 3 N–H and O–H groups in total. The van der Waals surface area contributed by atoms with Crippen molar-refractivity contribution in [3.8, 4) is 11.4 Å². The van der Waals surface area contributed by atoms with Crippen LogP contribution in [-0.4, -0.2) is 21.2 Å². The zero-order valence-electron chi connectivity index (χ0n) is 12.6. The predicted octanol–water partition coefficient (Wildman–Crippen LogP) is 4.35. The third-order valence-corrected chi connectivity index (χ3v) is 3.94. The molecule has 0 atom stereocenters. The number of aromatic nitrogens is 2. The minimum atomic E-state index is 0.123. The van der Waals surface area contributed by atoms with Gasteiger partial charge in [0.1, 0.15) is 0 Å². The lowest BCUT2D eigenvalue weighted by Crippen LogP contribution is -2.12. The van der Waals surface area contributed by atoms with Crippen molar-refractivity contribution in [1.82, 2.24) is 10.1 Å². The van der Waals surface area contributed by atoms with Crippen molar-refractivity contribution in [1.29, 1.82) is 0 Å². The molecule has 1 heterocycles. The Balaban J connectivity index is 0.000000177. The first-order valence-corrected chi connectivity index (χ1v) is 8.38. The third-order valence-electron chi connectivity index (χ3n) is 2.88. The van der Waals surface area contributed by atoms with Gasteiger partial charge in [-0.15, -0.1) is 0 Å². The number of aryl methyl sites for hydroxylation is 1. The van der Waals surface area contributed by atoms with E-state index in [4.69, 9.17) is 15.5 Å². The molecule has 8 heteroatoms. The van der Waals surface area contributed by atoms with E-state index in [2.05, 4.69) is 47.2 Å². The van der Waals surface area contributed by atoms with Crippen LogP contribution in [0.15, 0.2) is 67.2 Å². The molecule has 0 amide bonds.